The van der Waals surface area contributed by atoms with Gasteiger partial charge in [0.2, 0.25) is 0 Å². The van der Waals surface area contributed by atoms with Crippen molar-refractivity contribution in [2.75, 3.05) is 6.54 Å². The van der Waals surface area contributed by atoms with E-state index in [0.29, 0.717) is 6.54 Å². The lowest BCUT2D eigenvalue weighted by molar-refractivity contribution is 0.207. The molecule has 0 aliphatic rings. The Bertz CT molecular complexity index is 210. The second-order valence-corrected chi connectivity index (χ2v) is 4.37. The van der Waals surface area contributed by atoms with Crippen molar-refractivity contribution < 1.29 is 4.79 Å². The van der Waals surface area contributed by atoms with Crippen LogP contribution >= 0.6 is 0 Å². The van der Waals surface area contributed by atoms with E-state index >= 15 is 0 Å². The highest BCUT2D eigenvalue weighted by Gasteiger charge is 2.07. The van der Waals surface area contributed by atoms with E-state index in [2.05, 4.69) is 12.2 Å². The summed E-state index contributed by atoms with van der Waals surface area (Å²) in [5.41, 5.74) is 4.95. The molecular formula is C12H25N3O2. The molecule has 0 rings (SSSR count). The third-order valence-electron chi connectivity index (χ3n) is 2.83. The molecule has 0 saturated heterocycles. The van der Waals surface area contributed by atoms with Gasteiger partial charge in [0.05, 0.1) is 5.29 Å². The van der Waals surface area contributed by atoms with Crippen LogP contribution in [0.1, 0.15) is 64.7 Å². The van der Waals surface area contributed by atoms with Crippen molar-refractivity contribution in [2.45, 2.75) is 64.7 Å². The Morgan fingerprint density at radius 1 is 1.00 bits per heavy atom. The Balaban J connectivity index is 3.23. The number of hydrogen-bond acceptors (Lipinski definition) is 3. The molecule has 0 fully saturated rings. The Hall–Kier alpha value is -1.13. The number of nitroso groups, excluding NO2 is 1. The largest absolute Gasteiger partial charge is 0.350 e. The zero-order valence-electron chi connectivity index (χ0n) is 10.9. The van der Waals surface area contributed by atoms with Gasteiger partial charge < -0.3 is 5.73 Å². The quantitative estimate of drug-likeness (QED) is 0.342. The third-order valence-corrected chi connectivity index (χ3v) is 2.83. The summed E-state index contributed by atoms with van der Waals surface area (Å²) in [6.45, 7) is 2.56. The summed E-state index contributed by atoms with van der Waals surface area (Å²) in [6, 6.07) is -0.764. The molecule has 0 heterocycles. The molecule has 2 amide bonds. The fourth-order valence-electron chi connectivity index (χ4n) is 1.76. The van der Waals surface area contributed by atoms with Gasteiger partial charge in [-0.15, -0.1) is 4.91 Å². The van der Waals surface area contributed by atoms with Crippen LogP contribution < -0.4 is 5.73 Å². The molecule has 0 saturated carbocycles. The Labute approximate surface area is 104 Å². The van der Waals surface area contributed by atoms with E-state index in [1.54, 1.807) is 0 Å². The minimum absolute atomic E-state index is 0.342. The molecule has 17 heavy (non-hydrogen) atoms. The van der Waals surface area contributed by atoms with E-state index in [1.165, 1.54) is 38.5 Å². The summed E-state index contributed by atoms with van der Waals surface area (Å²) in [5, 5.41) is 3.34. The average Bonchev–Trinajstić information content (AvgIpc) is 2.31. The van der Waals surface area contributed by atoms with Gasteiger partial charge in [0, 0.05) is 6.54 Å². The molecule has 0 aliphatic heterocycles. The molecule has 5 heteroatoms. The van der Waals surface area contributed by atoms with Crippen molar-refractivity contribution in [3.8, 4) is 0 Å². The van der Waals surface area contributed by atoms with E-state index in [0.717, 1.165) is 24.3 Å². The third kappa shape index (κ3) is 9.78. The first-order valence-corrected chi connectivity index (χ1v) is 6.62. The highest BCUT2D eigenvalue weighted by atomic mass is 16.3. The number of nitrogens with zero attached hydrogens (tertiary/aromatic N) is 2. The van der Waals surface area contributed by atoms with Crippen molar-refractivity contribution in [3.05, 3.63) is 4.91 Å². The summed E-state index contributed by atoms with van der Waals surface area (Å²) < 4.78 is 0. The normalized spacial score (nSPS) is 10.2. The van der Waals surface area contributed by atoms with Crippen molar-refractivity contribution in [2.24, 2.45) is 11.0 Å². The number of rotatable bonds is 11. The maximum absolute atomic E-state index is 10.7. The number of hydrogen-bond donors (Lipinski definition) is 1. The van der Waals surface area contributed by atoms with Gasteiger partial charge in [0.15, 0.2) is 0 Å². The first-order valence-electron chi connectivity index (χ1n) is 6.62. The topological polar surface area (TPSA) is 75.8 Å². The van der Waals surface area contributed by atoms with Crippen LogP contribution in [0.5, 0.6) is 0 Å². The first kappa shape index (κ1) is 15.9. The number of carbonyl (C=O) groups is 1. The zero-order valence-corrected chi connectivity index (χ0v) is 10.9. The molecule has 0 atom stereocenters. The van der Waals surface area contributed by atoms with Gasteiger partial charge in [-0.05, 0) is 6.42 Å². The second kappa shape index (κ2) is 11.4. The number of primary amides is 1. The number of amides is 2. The summed E-state index contributed by atoms with van der Waals surface area (Å²) in [7, 11) is 0. The molecule has 0 aliphatic carbocycles. The predicted octanol–water partition coefficient (Wildman–Crippen LogP) is 3.58. The van der Waals surface area contributed by atoms with Gasteiger partial charge in [0.1, 0.15) is 0 Å². The molecule has 100 valence electrons. The van der Waals surface area contributed by atoms with Crippen LogP contribution in [-0.4, -0.2) is 17.6 Å². The van der Waals surface area contributed by atoms with Crippen LogP contribution in [0.4, 0.5) is 4.79 Å². The molecule has 0 aromatic carbocycles. The lowest BCUT2D eigenvalue weighted by atomic mass is 10.1. The van der Waals surface area contributed by atoms with E-state index in [9.17, 15) is 9.70 Å². The Kier molecular flexibility index (Phi) is 10.6. The number of nitrogens with two attached hydrogens (primary N) is 1. The van der Waals surface area contributed by atoms with E-state index in [1.807, 2.05) is 0 Å². The molecule has 0 aromatic heterocycles. The average molecular weight is 243 g/mol. The molecule has 5 nitrogen and oxygen atoms in total. The van der Waals surface area contributed by atoms with Crippen molar-refractivity contribution in [3.63, 3.8) is 0 Å². The highest BCUT2D eigenvalue weighted by molar-refractivity contribution is 5.71. The van der Waals surface area contributed by atoms with Crippen LogP contribution in [0.2, 0.25) is 0 Å². The maximum Gasteiger partial charge on any atom is 0.337 e. The molecule has 0 bridgehead atoms. The van der Waals surface area contributed by atoms with Crippen molar-refractivity contribution in [1.82, 2.24) is 5.01 Å². The van der Waals surface area contributed by atoms with Gasteiger partial charge in [-0.1, -0.05) is 58.3 Å². The smallest absolute Gasteiger partial charge is 0.337 e. The summed E-state index contributed by atoms with van der Waals surface area (Å²) in [4.78, 5) is 20.8. The van der Waals surface area contributed by atoms with Gasteiger partial charge in [-0.3, -0.25) is 0 Å². The van der Waals surface area contributed by atoms with E-state index in [-0.39, 0.29) is 0 Å². The second-order valence-electron chi connectivity index (χ2n) is 4.37. The van der Waals surface area contributed by atoms with Gasteiger partial charge in [-0.25, -0.2) is 4.79 Å². The fraction of sp³-hybridized carbons (Fsp3) is 0.917. The van der Waals surface area contributed by atoms with Crippen LogP contribution in [0, 0.1) is 4.91 Å². The van der Waals surface area contributed by atoms with Crippen LogP contribution in [0.25, 0.3) is 0 Å². The highest BCUT2D eigenvalue weighted by Crippen LogP contribution is 2.09. The van der Waals surface area contributed by atoms with Gasteiger partial charge in [-0.2, -0.15) is 5.01 Å². The Morgan fingerprint density at radius 2 is 1.47 bits per heavy atom. The zero-order chi connectivity index (χ0) is 12.9. The molecular weight excluding hydrogens is 218 g/mol. The minimum atomic E-state index is -0.764. The van der Waals surface area contributed by atoms with Crippen LogP contribution in [0.15, 0.2) is 5.29 Å². The summed E-state index contributed by atoms with van der Waals surface area (Å²) >= 11 is 0. The lowest BCUT2D eigenvalue weighted by Crippen LogP contribution is -2.31. The maximum atomic E-state index is 10.7. The summed E-state index contributed by atoms with van der Waals surface area (Å²) in [5.74, 6) is 0. The van der Waals surface area contributed by atoms with Crippen LogP contribution in [-0.2, 0) is 0 Å². The number of urea groups is 1. The van der Waals surface area contributed by atoms with Crippen LogP contribution in [0.3, 0.4) is 0 Å². The van der Waals surface area contributed by atoms with Crippen molar-refractivity contribution >= 4 is 6.03 Å². The molecule has 0 aromatic rings. The summed E-state index contributed by atoms with van der Waals surface area (Å²) in [6.07, 6.45) is 10.7. The van der Waals surface area contributed by atoms with E-state index in [4.69, 9.17) is 5.73 Å². The molecule has 0 radical (unpaired) electrons. The molecule has 0 unspecified atom stereocenters. The van der Waals surface area contributed by atoms with Gasteiger partial charge in [0.25, 0.3) is 0 Å². The fourth-order valence-corrected chi connectivity index (χ4v) is 1.76. The number of unbranched alkanes of at least 4 members (excludes halogenated alkanes) is 8. The monoisotopic (exact) mass is 243 g/mol. The lowest BCUT2D eigenvalue weighted by Gasteiger charge is -2.09. The molecule has 2 N–H and O–H groups in total. The van der Waals surface area contributed by atoms with Crippen molar-refractivity contribution in [1.29, 1.82) is 0 Å². The number of carbonyl (C=O) groups excluding carboxylic acids is 1. The minimum Gasteiger partial charge on any atom is -0.350 e. The van der Waals surface area contributed by atoms with Gasteiger partial charge >= 0.3 is 6.03 Å². The standard InChI is InChI=1S/C12H25N3O2/c1-2-3-4-5-6-7-8-9-10-11-15(14-17)12(13)16/h2-11H2,1H3,(H2,13,16). The first-order chi connectivity index (χ1) is 8.22. The molecule has 0 spiro atoms. The van der Waals surface area contributed by atoms with E-state index < -0.39 is 6.03 Å². The Morgan fingerprint density at radius 3 is 1.88 bits per heavy atom. The SMILES string of the molecule is CCCCCCCCCCCN(N=O)C(N)=O. The predicted molar refractivity (Wildman–Crippen MR) is 69.3 cm³/mol.